The van der Waals surface area contributed by atoms with Crippen LogP contribution in [0.2, 0.25) is 0 Å². The predicted molar refractivity (Wildman–Crippen MR) is 214 cm³/mol. The van der Waals surface area contributed by atoms with Crippen molar-refractivity contribution in [2.75, 3.05) is 0 Å². The van der Waals surface area contributed by atoms with Gasteiger partial charge in [0.05, 0.1) is 5.41 Å². The Hall–Kier alpha value is -6.70. The van der Waals surface area contributed by atoms with E-state index in [4.69, 9.17) is 4.74 Å². The first-order valence-electron chi connectivity index (χ1n) is 18.1. The third kappa shape index (κ3) is 3.48. The summed E-state index contributed by atoms with van der Waals surface area (Å²) < 4.78 is 6.74. The summed E-state index contributed by atoms with van der Waals surface area (Å²) in [5.74, 6) is 1.80. The Morgan fingerprint density at radius 2 is 0.962 bits per heavy atom. The molecule has 0 fully saturated rings. The molecule has 0 aromatic heterocycles. The lowest BCUT2D eigenvalue weighted by Crippen LogP contribution is -2.25. The maximum atomic E-state index is 6.74. The third-order valence-electron chi connectivity index (χ3n) is 11.9. The number of rotatable bonds is 2. The predicted octanol–water partition coefficient (Wildman–Crippen LogP) is 13.4. The van der Waals surface area contributed by atoms with Crippen LogP contribution in [0.3, 0.4) is 0 Å². The van der Waals surface area contributed by atoms with Crippen molar-refractivity contribution in [3.63, 3.8) is 0 Å². The van der Waals surface area contributed by atoms with E-state index in [2.05, 4.69) is 182 Å². The number of fused-ring (bicyclic) bond motifs is 14. The zero-order chi connectivity index (χ0) is 34.0. The molecular formula is C51H30O. The Morgan fingerprint density at radius 3 is 1.83 bits per heavy atom. The lowest BCUT2D eigenvalue weighted by molar-refractivity contribution is 0.487. The number of hydrogen-bond acceptors (Lipinski definition) is 1. The average Bonchev–Trinajstić information content (AvgIpc) is 3.69. The summed E-state index contributed by atoms with van der Waals surface area (Å²) in [4.78, 5) is 0. The fraction of sp³-hybridized carbons (Fsp3) is 0.0196. The SMILES string of the molecule is c1ccc(-c2ccc3c(c2)Oc2ccc(-c4cccc5c4-c4ccccc4C54c5ccccc5-c5c4ccc4ccccc54)c4cccc-3c24)cc1. The molecule has 0 saturated heterocycles. The lowest BCUT2D eigenvalue weighted by Gasteiger charge is -2.30. The Bertz CT molecular complexity index is 2990. The summed E-state index contributed by atoms with van der Waals surface area (Å²) in [5.41, 5.74) is 17.5. The fourth-order valence-electron chi connectivity index (χ4n) is 9.86. The van der Waals surface area contributed by atoms with Crippen molar-refractivity contribution in [1.29, 1.82) is 0 Å². The maximum Gasteiger partial charge on any atom is 0.135 e. The monoisotopic (exact) mass is 658 g/mol. The molecule has 1 unspecified atom stereocenters. The molecule has 1 spiro atoms. The molecule has 3 aliphatic rings. The zero-order valence-corrected chi connectivity index (χ0v) is 28.2. The standard InChI is InChI=1S/C51H30O/c1-2-12-31(13-3-1)33-24-26-36-39-19-10-18-38-35(27-29-46(50(38)39)52-47(36)30-33)37-20-11-23-44-49(37)41-17-7-9-22-43(41)51(44)42-21-8-6-16-40(42)48-34-15-5-4-14-32(34)25-28-45(48)51/h1-30H. The smallest absolute Gasteiger partial charge is 0.135 e. The highest BCUT2D eigenvalue weighted by Crippen LogP contribution is 2.65. The highest BCUT2D eigenvalue weighted by Gasteiger charge is 2.52. The number of ether oxygens (including phenoxy) is 1. The first-order valence-corrected chi connectivity index (χ1v) is 18.1. The molecule has 9 aromatic carbocycles. The van der Waals surface area contributed by atoms with Crippen molar-refractivity contribution in [3.05, 3.63) is 204 Å². The van der Waals surface area contributed by atoms with Crippen LogP contribution in [0.4, 0.5) is 0 Å². The number of hydrogen-bond donors (Lipinski definition) is 0. The van der Waals surface area contributed by atoms with Crippen LogP contribution in [-0.2, 0) is 5.41 Å². The molecule has 12 rings (SSSR count). The molecule has 0 bridgehead atoms. The molecule has 0 radical (unpaired) electrons. The van der Waals surface area contributed by atoms with E-state index in [0.717, 1.165) is 22.6 Å². The van der Waals surface area contributed by atoms with Crippen LogP contribution in [0.15, 0.2) is 182 Å². The molecule has 1 nitrogen and oxygen atoms in total. The summed E-state index contributed by atoms with van der Waals surface area (Å²) >= 11 is 0. The van der Waals surface area contributed by atoms with Gasteiger partial charge in [-0.3, -0.25) is 0 Å². The van der Waals surface area contributed by atoms with Gasteiger partial charge in [0.15, 0.2) is 0 Å². The Labute approximate surface area is 302 Å². The highest BCUT2D eigenvalue weighted by atomic mass is 16.5. The zero-order valence-electron chi connectivity index (χ0n) is 28.2. The van der Waals surface area contributed by atoms with Crippen molar-refractivity contribution in [2.45, 2.75) is 5.41 Å². The normalized spacial score (nSPS) is 15.5. The van der Waals surface area contributed by atoms with E-state index in [-0.39, 0.29) is 0 Å². The average molecular weight is 659 g/mol. The molecule has 2 aliphatic carbocycles. The first kappa shape index (κ1) is 28.0. The molecule has 9 aromatic rings. The van der Waals surface area contributed by atoms with Gasteiger partial charge >= 0.3 is 0 Å². The molecule has 0 saturated carbocycles. The Kier molecular flexibility index (Phi) is 5.49. The van der Waals surface area contributed by atoms with Crippen LogP contribution in [0.1, 0.15) is 22.3 Å². The summed E-state index contributed by atoms with van der Waals surface area (Å²) in [6.45, 7) is 0. The molecule has 52 heavy (non-hydrogen) atoms. The lowest BCUT2D eigenvalue weighted by atomic mass is 9.70. The van der Waals surface area contributed by atoms with Gasteiger partial charge in [0, 0.05) is 10.9 Å². The molecule has 1 heterocycles. The van der Waals surface area contributed by atoms with Gasteiger partial charge in [-0.15, -0.1) is 0 Å². The van der Waals surface area contributed by atoms with Crippen molar-refractivity contribution in [1.82, 2.24) is 0 Å². The molecule has 1 aliphatic heterocycles. The van der Waals surface area contributed by atoms with Crippen LogP contribution < -0.4 is 4.74 Å². The molecule has 0 N–H and O–H groups in total. The molecule has 240 valence electrons. The van der Waals surface area contributed by atoms with Crippen molar-refractivity contribution in [3.8, 4) is 67.1 Å². The topological polar surface area (TPSA) is 9.23 Å². The van der Waals surface area contributed by atoms with E-state index < -0.39 is 5.41 Å². The van der Waals surface area contributed by atoms with Crippen LogP contribution in [0, 0.1) is 0 Å². The van der Waals surface area contributed by atoms with Gasteiger partial charge < -0.3 is 4.74 Å². The second-order valence-electron chi connectivity index (χ2n) is 14.3. The van der Waals surface area contributed by atoms with Gasteiger partial charge in [-0.25, -0.2) is 0 Å². The summed E-state index contributed by atoms with van der Waals surface area (Å²) in [7, 11) is 0. The van der Waals surface area contributed by atoms with Gasteiger partial charge in [-0.05, 0) is 107 Å². The van der Waals surface area contributed by atoms with E-state index in [1.165, 1.54) is 88.3 Å². The minimum atomic E-state index is -0.414. The van der Waals surface area contributed by atoms with Crippen LogP contribution >= 0.6 is 0 Å². The molecular weight excluding hydrogens is 629 g/mol. The van der Waals surface area contributed by atoms with E-state index >= 15 is 0 Å². The maximum absolute atomic E-state index is 6.74. The van der Waals surface area contributed by atoms with Gasteiger partial charge in [0.2, 0.25) is 0 Å². The van der Waals surface area contributed by atoms with Crippen LogP contribution in [-0.4, -0.2) is 0 Å². The quantitative estimate of drug-likeness (QED) is 0.180. The largest absolute Gasteiger partial charge is 0.456 e. The van der Waals surface area contributed by atoms with Crippen molar-refractivity contribution in [2.24, 2.45) is 0 Å². The van der Waals surface area contributed by atoms with E-state index in [1.807, 2.05) is 0 Å². The minimum Gasteiger partial charge on any atom is -0.456 e. The first-order chi connectivity index (χ1) is 25.8. The Morgan fingerprint density at radius 1 is 0.327 bits per heavy atom. The van der Waals surface area contributed by atoms with E-state index in [9.17, 15) is 0 Å². The van der Waals surface area contributed by atoms with Gasteiger partial charge in [0.25, 0.3) is 0 Å². The van der Waals surface area contributed by atoms with E-state index in [0.29, 0.717) is 0 Å². The third-order valence-corrected chi connectivity index (χ3v) is 11.9. The van der Waals surface area contributed by atoms with Crippen LogP contribution in [0.5, 0.6) is 11.5 Å². The fourth-order valence-corrected chi connectivity index (χ4v) is 9.86. The van der Waals surface area contributed by atoms with Gasteiger partial charge in [-0.2, -0.15) is 0 Å². The van der Waals surface area contributed by atoms with Crippen LogP contribution in [0.25, 0.3) is 77.2 Å². The molecule has 0 amide bonds. The summed E-state index contributed by atoms with van der Waals surface area (Å²) in [6, 6.07) is 67.1. The van der Waals surface area contributed by atoms with Gasteiger partial charge in [-0.1, -0.05) is 164 Å². The van der Waals surface area contributed by atoms with E-state index in [1.54, 1.807) is 0 Å². The van der Waals surface area contributed by atoms with Crippen molar-refractivity contribution >= 4 is 21.5 Å². The minimum absolute atomic E-state index is 0.414. The van der Waals surface area contributed by atoms with Crippen molar-refractivity contribution < 1.29 is 4.74 Å². The summed E-state index contributed by atoms with van der Waals surface area (Å²) in [6.07, 6.45) is 0. The number of benzene rings is 9. The molecule has 1 atom stereocenters. The second-order valence-corrected chi connectivity index (χ2v) is 14.3. The summed E-state index contributed by atoms with van der Waals surface area (Å²) in [5, 5.41) is 4.96. The van der Waals surface area contributed by atoms with Gasteiger partial charge in [0.1, 0.15) is 11.5 Å². The molecule has 1 heteroatoms. The second kappa shape index (κ2) is 10.2. The Balaban J connectivity index is 1.12. The highest BCUT2D eigenvalue weighted by molar-refractivity contribution is 6.13.